The van der Waals surface area contributed by atoms with Crippen molar-refractivity contribution in [2.75, 3.05) is 0 Å². The van der Waals surface area contributed by atoms with Crippen LogP contribution < -0.4 is 0 Å². The number of rotatable bonds is 9. The van der Waals surface area contributed by atoms with Gasteiger partial charge < -0.3 is 0 Å². The van der Waals surface area contributed by atoms with Crippen LogP contribution in [0.2, 0.25) is 0 Å². The van der Waals surface area contributed by atoms with Gasteiger partial charge in [-0.1, -0.05) is 79.1 Å². The summed E-state index contributed by atoms with van der Waals surface area (Å²) in [5, 5.41) is 0. The molecule has 0 rings (SSSR count). The van der Waals surface area contributed by atoms with E-state index in [4.69, 9.17) is 0 Å². The van der Waals surface area contributed by atoms with E-state index in [0.29, 0.717) is 0 Å². The van der Waals surface area contributed by atoms with Crippen molar-refractivity contribution in [2.45, 2.75) is 79.1 Å². The first-order chi connectivity index (χ1) is 6.66. The first-order valence-electron chi connectivity index (χ1n) is 6.66. The summed E-state index contributed by atoms with van der Waals surface area (Å²) in [5.41, 5.74) is 0. The van der Waals surface area contributed by atoms with Crippen molar-refractivity contribution in [3.63, 3.8) is 0 Å². The maximum absolute atomic E-state index is 2.42. The Balaban J connectivity index is 3.14. The fourth-order valence-electron chi connectivity index (χ4n) is 1.93. The van der Waals surface area contributed by atoms with Crippen LogP contribution in [0.1, 0.15) is 79.1 Å². The van der Waals surface area contributed by atoms with Crippen molar-refractivity contribution in [2.24, 2.45) is 11.8 Å². The SMILES string of the molecule is CCCCCC(C)CCCCC(C)C. The van der Waals surface area contributed by atoms with Gasteiger partial charge in [0.05, 0.1) is 0 Å². The fourth-order valence-corrected chi connectivity index (χ4v) is 1.93. The molecular formula is C14H30. The Hall–Kier alpha value is 0. The van der Waals surface area contributed by atoms with Gasteiger partial charge in [0.25, 0.3) is 0 Å². The molecule has 0 spiro atoms. The van der Waals surface area contributed by atoms with Crippen LogP contribution in [0.4, 0.5) is 0 Å². The van der Waals surface area contributed by atoms with Crippen LogP contribution in [0.15, 0.2) is 0 Å². The molecule has 1 unspecified atom stereocenters. The fraction of sp³-hybridized carbons (Fsp3) is 1.00. The Morgan fingerprint density at radius 2 is 1.21 bits per heavy atom. The van der Waals surface area contributed by atoms with Gasteiger partial charge in [-0.05, 0) is 11.8 Å². The molecule has 14 heavy (non-hydrogen) atoms. The molecule has 86 valence electrons. The molecule has 0 aliphatic rings. The van der Waals surface area contributed by atoms with E-state index in [1.165, 1.54) is 51.4 Å². The summed E-state index contributed by atoms with van der Waals surface area (Å²) in [6.45, 7) is 9.35. The minimum absolute atomic E-state index is 0.894. The van der Waals surface area contributed by atoms with Crippen molar-refractivity contribution in [1.29, 1.82) is 0 Å². The number of unbranched alkanes of at least 4 members (excludes halogenated alkanes) is 3. The molecule has 0 nitrogen and oxygen atoms in total. The Labute approximate surface area is 91.5 Å². The second-order valence-electron chi connectivity index (χ2n) is 5.28. The van der Waals surface area contributed by atoms with E-state index in [1.807, 2.05) is 0 Å². The van der Waals surface area contributed by atoms with E-state index in [9.17, 15) is 0 Å². The summed E-state index contributed by atoms with van der Waals surface area (Å²) >= 11 is 0. The van der Waals surface area contributed by atoms with Gasteiger partial charge in [-0.3, -0.25) is 0 Å². The van der Waals surface area contributed by atoms with Crippen molar-refractivity contribution in [3.8, 4) is 0 Å². The lowest BCUT2D eigenvalue weighted by atomic mass is 9.95. The molecule has 0 fully saturated rings. The standard InChI is InChI=1S/C14H30/c1-5-6-7-11-14(4)12-9-8-10-13(2)3/h13-14H,5-12H2,1-4H3. The van der Waals surface area contributed by atoms with E-state index < -0.39 is 0 Å². The van der Waals surface area contributed by atoms with Crippen LogP contribution in [0.5, 0.6) is 0 Å². The second kappa shape index (κ2) is 9.55. The van der Waals surface area contributed by atoms with Gasteiger partial charge in [0.1, 0.15) is 0 Å². The predicted molar refractivity (Wildman–Crippen MR) is 66.6 cm³/mol. The third-order valence-corrected chi connectivity index (χ3v) is 3.03. The minimum Gasteiger partial charge on any atom is -0.0654 e. The third kappa shape index (κ3) is 10.1. The summed E-state index contributed by atoms with van der Waals surface area (Å²) in [4.78, 5) is 0. The van der Waals surface area contributed by atoms with Gasteiger partial charge in [0.2, 0.25) is 0 Å². The summed E-state index contributed by atoms with van der Waals surface area (Å²) in [6.07, 6.45) is 11.5. The lowest BCUT2D eigenvalue weighted by Gasteiger charge is -2.11. The zero-order chi connectivity index (χ0) is 10.8. The molecule has 0 aromatic rings. The molecule has 0 heteroatoms. The second-order valence-corrected chi connectivity index (χ2v) is 5.28. The molecule has 0 radical (unpaired) electrons. The molecule has 0 aliphatic carbocycles. The molecule has 0 N–H and O–H groups in total. The average molecular weight is 198 g/mol. The molecule has 0 aromatic heterocycles. The predicted octanol–water partition coefficient (Wildman–Crippen LogP) is 5.42. The van der Waals surface area contributed by atoms with Gasteiger partial charge in [-0.25, -0.2) is 0 Å². The normalized spacial score (nSPS) is 13.5. The highest BCUT2D eigenvalue weighted by Crippen LogP contribution is 2.17. The first-order valence-corrected chi connectivity index (χ1v) is 6.66. The minimum atomic E-state index is 0.894. The van der Waals surface area contributed by atoms with Crippen molar-refractivity contribution >= 4 is 0 Å². The van der Waals surface area contributed by atoms with Gasteiger partial charge in [-0.2, -0.15) is 0 Å². The van der Waals surface area contributed by atoms with Gasteiger partial charge in [0, 0.05) is 0 Å². The van der Waals surface area contributed by atoms with E-state index in [-0.39, 0.29) is 0 Å². The van der Waals surface area contributed by atoms with Gasteiger partial charge in [0.15, 0.2) is 0 Å². The van der Waals surface area contributed by atoms with Crippen LogP contribution in [0, 0.1) is 11.8 Å². The smallest absolute Gasteiger partial charge is 0.0443 e. The molecule has 0 saturated heterocycles. The van der Waals surface area contributed by atoms with Crippen LogP contribution in [-0.2, 0) is 0 Å². The summed E-state index contributed by atoms with van der Waals surface area (Å²) in [6, 6.07) is 0. The first kappa shape index (κ1) is 14.0. The van der Waals surface area contributed by atoms with Crippen molar-refractivity contribution in [1.82, 2.24) is 0 Å². The Bertz CT molecular complexity index is 105. The molecule has 0 saturated carbocycles. The number of hydrogen-bond donors (Lipinski definition) is 0. The molecule has 0 aliphatic heterocycles. The van der Waals surface area contributed by atoms with Crippen LogP contribution >= 0.6 is 0 Å². The van der Waals surface area contributed by atoms with E-state index >= 15 is 0 Å². The Morgan fingerprint density at radius 3 is 1.71 bits per heavy atom. The summed E-state index contributed by atoms with van der Waals surface area (Å²) in [7, 11) is 0. The summed E-state index contributed by atoms with van der Waals surface area (Å²) < 4.78 is 0. The topological polar surface area (TPSA) is 0 Å². The van der Waals surface area contributed by atoms with E-state index in [1.54, 1.807) is 0 Å². The van der Waals surface area contributed by atoms with Crippen molar-refractivity contribution < 1.29 is 0 Å². The quantitative estimate of drug-likeness (QED) is 0.434. The molecule has 0 amide bonds. The number of hydrogen-bond acceptors (Lipinski definition) is 0. The highest BCUT2D eigenvalue weighted by molar-refractivity contribution is 4.55. The van der Waals surface area contributed by atoms with E-state index in [2.05, 4.69) is 27.7 Å². The molecule has 0 aromatic carbocycles. The van der Waals surface area contributed by atoms with Crippen LogP contribution in [0.25, 0.3) is 0 Å². The Kier molecular flexibility index (Phi) is 9.55. The maximum atomic E-state index is 2.42. The lowest BCUT2D eigenvalue weighted by molar-refractivity contribution is 0.427. The Morgan fingerprint density at radius 1 is 0.714 bits per heavy atom. The maximum Gasteiger partial charge on any atom is -0.0443 e. The zero-order valence-corrected chi connectivity index (χ0v) is 10.8. The van der Waals surface area contributed by atoms with Gasteiger partial charge >= 0.3 is 0 Å². The van der Waals surface area contributed by atoms with Crippen molar-refractivity contribution in [3.05, 3.63) is 0 Å². The average Bonchev–Trinajstić information content (AvgIpc) is 2.13. The molecule has 0 bridgehead atoms. The lowest BCUT2D eigenvalue weighted by Crippen LogP contribution is -1.95. The highest BCUT2D eigenvalue weighted by Gasteiger charge is 2.02. The largest absolute Gasteiger partial charge is 0.0654 e. The highest BCUT2D eigenvalue weighted by atomic mass is 14.1. The van der Waals surface area contributed by atoms with Gasteiger partial charge in [-0.15, -0.1) is 0 Å². The monoisotopic (exact) mass is 198 g/mol. The molecular weight excluding hydrogens is 168 g/mol. The summed E-state index contributed by atoms with van der Waals surface area (Å²) in [5.74, 6) is 1.86. The molecule has 1 atom stereocenters. The van der Waals surface area contributed by atoms with Crippen LogP contribution in [0.3, 0.4) is 0 Å². The zero-order valence-electron chi connectivity index (χ0n) is 10.8. The molecule has 0 heterocycles. The van der Waals surface area contributed by atoms with E-state index in [0.717, 1.165) is 11.8 Å². The third-order valence-electron chi connectivity index (χ3n) is 3.03. The van der Waals surface area contributed by atoms with Crippen LogP contribution in [-0.4, -0.2) is 0 Å².